The third kappa shape index (κ3) is 2.66. The molecule has 0 aliphatic carbocycles. The van der Waals surface area contributed by atoms with E-state index in [2.05, 4.69) is 16.6 Å². The predicted octanol–water partition coefficient (Wildman–Crippen LogP) is 2.00. The van der Waals surface area contributed by atoms with Gasteiger partial charge >= 0.3 is 0 Å². The lowest BCUT2D eigenvalue weighted by Crippen LogP contribution is -2.35. The highest BCUT2D eigenvalue weighted by Crippen LogP contribution is 2.30. The molecule has 1 aliphatic rings. The quantitative estimate of drug-likeness (QED) is 0.879. The summed E-state index contributed by atoms with van der Waals surface area (Å²) >= 11 is 0. The minimum Gasteiger partial charge on any atom is -0.323 e. The molecule has 0 saturated carbocycles. The zero-order valence-electron chi connectivity index (χ0n) is 12.4. The Kier molecular flexibility index (Phi) is 3.55. The molecule has 1 aromatic heterocycles. The van der Waals surface area contributed by atoms with Gasteiger partial charge in [0.2, 0.25) is 5.91 Å². The molecule has 22 heavy (non-hydrogen) atoms. The molecule has 2 heterocycles. The van der Waals surface area contributed by atoms with Crippen LogP contribution in [0.3, 0.4) is 0 Å². The fourth-order valence-electron chi connectivity index (χ4n) is 2.62. The lowest BCUT2D eigenvalue weighted by molar-refractivity contribution is -0.124. The Hall–Kier alpha value is -2.81. The van der Waals surface area contributed by atoms with Gasteiger partial charge in [0.25, 0.3) is 0 Å². The minimum atomic E-state index is -0.537. The van der Waals surface area contributed by atoms with Gasteiger partial charge in [-0.2, -0.15) is 10.4 Å². The largest absolute Gasteiger partial charge is 0.323 e. The highest BCUT2D eigenvalue weighted by Gasteiger charge is 2.40. The number of anilines is 1. The number of carbonyl (C=O) groups excluding carboxylic acids is 1. The van der Waals surface area contributed by atoms with E-state index in [0.29, 0.717) is 25.2 Å². The van der Waals surface area contributed by atoms with Crippen LogP contribution in [0.4, 0.5) is 5.69 Å². The van der Waals surface area contributed by atoms with Crippen molar-refractivity contribution in [2.45, 2.75) is 13.3 Å². The van der Waals surface area contributed by atoms with Gasteiger partial charge in [-0.05, 0) is 25.5 Å². The van der Waals surface area contributed by atoms with Gasteiger partial charge in [0.15, 0.2) is 6.19 Å². The normalized spacial score (nSPS) is 20.6. The van der Waals surface area contributed by atoms with Crippen LogP contribution >= 0.6 is 0 Å². The first kappa shape index (κ1) is 14.1. The number of hydrogen-bond donors (Lipinski definition) is 1. The van der Waals surface area contributed by atoms with E-state index in [1.165, 1.54) is 0 Å². The summed E-state index contributed by atoms with van der Waals surface area (Å²) in [5.74, 6) is -0.0714. The first-order valence-electron chi connectivity index (χ1n) is 7.17. The number of carbonyl (C=O) groups is 1. The molecule has 1 aromatic carbocycles. The Balaban J connectivity index is 1.71. The Morgan fingerprint density at radius 2 is 2.18 bits per heavy atom. The minimum absolute atomic E-state index is 0.0714. The van der Waals surface area contributed by atoms with Crippen molar-refractivity contribution in [1.82, 2.24) is 14.7 Å². The van der Waals surface area contributed by atoms with Crippen LogP contribution < -0.4 is 5.32 Å². The summed E-state index contributed by atoms with van der Waals surface area (Å²) in [5.41, 5.74) is 1.06. The fourth-order valence-corrected chi connectivity index (χ4v) is 2.62. The van der Waals surface area contributed by atoms with Crippen LogP contribution in [0.25, 0.3) is 5.69 Å². The molecule has 1 saturated heterocycles. The summed E-state index contributed by atoms with van der Waals surface area (Å²) < 4.78 is 1.72. The number of aromatic nitrogens is 2. The number of nitriles is 1. The third-order valence-electron chi connectivity index (χ3n) is 4.02. The van der Waals surface area contributed by atoms with Crippen LogP contribution in [0.2, 0.25) is 0 Å². The van der Waals surface area contributed by atoms with Crippen molar-refractivity contribution < 1.29 is 4.79 Å². The van der Waals surface area contributed by atoms with E-state index >= 15 is 0 Å². The van der Waals surface area contributed by atoms with Crippen LogP contribution in [-0.4, -0.2) is 33.7 Å². The van der Waals surface area contributed by atoms with Gasteiger partial charge in [-0.15, -0.1) is 0 Å². The Morgan fingerprint density at radius 1 is 1.41 bits per heavy atom. The van der Waals surface area contributed by atoms with Gasteiger partial charge in [0, 0.05) is 13.1 Å². The second kappa shape index (κ2) is 5.53. The second-order valence-corrected chi connectivity index (χ2v) is 5.80. The van der Waals surface area contributed by atoms with Crippen molar-refractivity contribution in [2.75, 3.05) is 18.4 Å². The molecule has 1 atom stereocenters. The molecule has 6 heteroatoms. The van der Waals surface area contributed by atoms with E-state index in [0.717, 1.165) is 5.69 Å². The number of hydrogen-bond acceptors (Lipinski definition) is 4. The van der Waals surface area contributed by atoms with Crippen molar-refractivity contribution in [1.29, 1.82) is 5.26 Å². The van der Waals surface area contributed by atoms with Crippen molar-refractivity contribution in [3.05, 3.63) is 42.7 Å². The highest BCUT2D eigenvalue weighted by molar-refractivity contribution is 5.95. The van der Waals surface area contributed by atoms with Gasteiger partial charge in [-0.3, -0.25) is 4.79 Å². The zero-order valence-corrected chi connectivity index (χ0v) is 12.4. The summed E-state index contributed by atoms with van der Waals surface area (Å²) in [7, 11) is 0. The highest BCUT2D eigenvalue weighted by atomic mass is 16.2. The Bertz CT molecular complexity index is 718. The number of benzene rings is 1. The molecule has 0 radical (unpaired) electrons. The van der Waals surface area contributed by atoms with Gasteiger partial charge in [0.05, 0.1) is 29.2 Å². The maximum absolute atomic E-state index is 12.5. The fraction of sp³-hybridized carbons (Fsp3) is 0.312. The van der Waals surface area contributed by atoms with Gasteiger partial charge in [0.1, 0.15) is 0 Å². The molecular weight excluding hydrogens is 278 g/mol. The molecule has 2 aromatic rings. The number of likely N-dealkylation sites (tertiary alicyclic amines) is 1. The monoisotopic (exact) mass is 295 g/mol. The third-order valence-corrected chi connectivity index (χ3v) is 4.02. The lowest BCUT2D eigenvalue weighted by Gasteiger charge is -2.21. The topological polar surface area (TPSA) is 74.0 Å². The van der Waals surface area contributed by atoms with Crippen molar-refractivity contribution in [3.8, 4) is 11.9 Å². The predicted molar refractivity (Wildman–Crippen MR) is 82.1 cm³/mol. The summed E-state index contributed by atoms with van der Waals surface area (Å²) in [5, 5.41) is 16.1. The van der Waals surface area contributed by atoms with Crippen LogP contribution in [0, 0.1) is 16.9 Å². The van der Waals surface area contributed by atoms with E-state index in [1.54, 1.807) is 22.0 Å². The summed E-state index contributed by atoms with van der Waals surface area (Å²) in [6.45, 7) is 2.98. The SMILES string of the molecule is C[C@]1(C(=O)Nc2cnn(-c3ccccc3)c2)CCN(C#N)C1. The second-order valence-electron chi connectivity index (χ2n) is 5.80. The summed E-state index contributed by atoms with van der Waals surface area (Å²) in [6, 6.07) is 9.71. The first-order valence-corrected chi connectivity index (χ1v) is 7.17. The molecule has 1 aliphatic heterocycles. The molecule has 6 nitrogen and oxygen atoms in total. The van der Waals surface area contributed by atoms with E-state index < -0.39 is 5.41 Å². The maximum atomic E-state index is 12.5. The van der Waals surface area contributed by atoms with Gasteiger partial charge in [-0.25, -0.2) is 4.68 Å². The Morgan fingerprint density at radius 3 is 2.86 bits per heavy atom. The number of para-hydroxylation sites is 1. The number of rotatable bonds is 3. The van der Waals surface area contributed by atoms with Crippen molar-refractivity contribution in [3.63, 3.8) is 0 Å². The van der Waals surface area contributed by atoms with Gasteiger partial charge in [-0.1, -0.05) is 18.2 Å². The van der Waals surface area contributed by atoms with Crippen LogP contribution in [0.15, 0.2) is 42.7 Å². The number of nitrogens with one attached hydrogen (secondary N) is 1. The van der Waals surface area contributed by atoms with E-state index in [1.807, 2.05) is 37.3 Å². The molecule has 1 amide bonds. The number of nitrogens with zero attached hydrogens (tertiary/aromatic N) is 4. The van der Waals surface area contributed by atoms with Crippen molar-refractivity contribution in [2.24, 2.45) is 5.41 Å². The van der Waals surface area contributed by atoms with E-state index in [9.17, 15) is 4.79 Å². The van der Waals surface area contributed by atoms with E-state index in [4.69, 9.17) is 5.26 Å². The molecule has 0 unspecified atom stereocenters. The zero-order chi connectivity index (χ0) is 15.6. The summed E-state index contributed by atoms with van der Waals surface area (Å²) in [4.78, 5) is 14.1. The Labute approximate surface area is 129 Å². The standard InChI is InChI=1S/C16H17N5O/c1-16(7-8-20(11-16)12-17)15(22)19-13-9-18-21(10-13)14-5-3-2-4-6-14/h2-6,9-10H,7-8,11H2,1H3,(H,19,22)/t16-/m0/s1. The van der Waals surface area contributed by atoms with Crippen LogP contribution in [0.5, 0.6) is 0 Å². The molecular formula is C16H17N5O. The average molecular weight is 295 g/mol. The smallest absolute Gasteiger partial charge is 0.232 e. The average Bonchev–Trinajstić information content (AvgIpc) is 3.16. The maximum Gasteiger partial charge on any atom is 0.232 e. The molecule has 0 bridgehead atoms. The van der Waals surface area contributed by atoms with Crippen molar-refractivity contribution >= 4 is 11.6 Å². The molecule has 112 valence electrons. The van der Waals surface area contributed by atoms with Crippen LogP contribution in [0.1, 0.15) is 13.3 Å². The molecule has 0 spiro atoms. The van der Waals surface area contributed by atoms with Crippen LogP contribution in [-0.2, 0) is 4.79 Å². The number of amides is 1. The van der Waals surface area contributed by atoms with Gasteiger partial charge < -0.3 is 10.2 Å². The molecule has 3 rings (SSSR count). The molecule has 1 fully saturated rings. The molecule has 1 N–H and O–H groups in total. The first-order chi connectivity index (χ1) is 10.6. The summed E-state index contributed by atoms with van der Waals surface area (Å²) in [6.07, 6.45) is 6.20. The van der Waals surface area contributed by atoms with E-state index in [-0.39, 0.29) is 5.91 Å². The lowest BCUT2D eigenvalue weighted by atomic mass is 9.89.